The van der Waals surface area contributed by atoms with E-state index in [1.807, 2.05) is 55.5 Å². The quantitative estimate of drug-likeness (QED) is 0.354. The fourth-order valence-corrected chi connectivity index (χ4v) is 4.84. The van der Waals surface area contributed by atoms with Crippen LogP contribution in [0.4, 0.5) is 0 Å². The minimum Gasteiger partial charge on any atom is -0.488 e. The molecule has 3 aromatic rings. The van der Waals surface area contributed by atoms with Gasteiger partial charge in [-0.2, -0.15) is 0 Å². The Hall–Kier alpha value is -3.42. The van der Waals surface area contributed by atoms with Crippen molar-refractivity contribution in [2.24, 2.45) is 0 Å². The van der Waals surface area contributed by atoms with E-state index in [0.29, 0.717) is 22.8 Å². The number of thioether (sulfide) groups is 1. The lowest BCUT2D eigenvalue weighted by molar-refractivity contribution is -0.145. The van der Waals surface area contributed by atoms with Gasteiger partial charge in [0.15, 0.2) is 6.04 Å². The average molecular weight is 476 g/mol. The van der Waals surface area contributed by atoms with E-state index in [1.54, 1.807) is 36.4 Å². The SMILES string of the molecule is Cc1ccccc1COc1ccccc1/C=C1/SC(=S)N(C(C(=O)O)c2ccccc2)C1=O. The molecule has 3 aromatic carbocycles. The average Bonchev–Trinajstić information content (AvgIpc) is 3.08. The molecule has 0 spiro atoms. The van der Waals surface area contributed by atoms with Gasteiger partial charge in [0, 0.05) is 5.56 Å². The summed E-state index contributed by atoms with van der Waals surface area (Å²) >= 11 is 6.49. The number of amides is 1. The fourth-order valence-electron chi connectivity index (χ4n) is 3.54. The number of para-hydroxylation sites is 1. The number of benzene rings is 3. The van der Waals surface area contributed by atoms with E-state index in [9.17, 15) is 14.7 Å². The summed E-state index contributed by atoms with van der Waals surface area (Å²) in [4.78, 5) is 26.8. The van der Waals surface area contributed by atoms with Gasteiger partial charge in [-0.1, -0.05) is 96.8 Å². The molecule has 5 nitrogen and oxygen atoms in total. The summed E-state index contributed by atoms with van der Waals surface area (Å²) in [6.07, 6.45) is 1.70. The standard InChI is InChI=1S/C26H21NO4S2/c1-17-9-5-6-13-20(17)16-31-21-14-8-7-12-19(21)15-22-24(28)27(26(32)33-22)23(25(29)30)18-10-3-2-4-11-18/h2-15,23H,16H2,1H3,(H,29,30)/b22-15+. The molecule has 7 heteroatoms. The zero-order valence-corrected chi connectivity index (χ0v) is 19.4. The molecule has 1 amide bonds. The Balaban J connectivity index is 1.60. The Morgan fingerprint density at radius 2 is 1.73 bits per heavy atom. The smallest absolute Gasteiger partial charge is 0.331 e. The van der Waals surface area contributed by atoms with Crippen LogP contribution in [0.25, 0.3) is 6.08 Å². The maximum Gasteiger partial charge on any atom is 0.331 e. The van der Waals surface area contributed by atoms with Gasteiger partial charge in [-0.15, -0.1) is 0 Å². The van der Waals surface area contributed by atoms with Crippen molar-refractivity contribution in [1.82, 2.24) is 4.90 Å². The van der Waals surface area contributed by atoms with Crippen molar-refractivity contribution < 1.29 is 19.4 Å². The molecule has 0 saturated carbocycles. The molecule has 1 aliphatic heterocycles. The minimum absolute atomic E-state index is 0.209. The monoisotopic (exact) mass is 475 g/mol. The molecule has 1 fully saturated rings. The minimum atomic E-state index is -1.18. The first-order valence-corrected chi connectivity index (χ1v) is 11.5. The number of carboxylic acids is 1. The van der Waals surface area contributed by atoms with Gasteiger partial charge in [0.25, 0.3) is 5.91 Å². The third-order valence-corrected chi connectivity index (χ3v) is 6.61. The fraction of sp³-hybridized carbons (Fsp3) is 0.115. The largest absolute Gasteiger partial charge is 0.488 e. The van der Waals surface area contributed by atoms with Gasteiger partial charge >= 0.3 is 5.97 Å². The van der Waals surface area contributed by atoms with Crippen molar-refractivity contribution in [2.45, 2.75) is 19.6 Å². The molecule has 1 unspecified atom stereocenters. The summed E-state index contributed by atoms with van der Waals surface area (Å²) in [7, 11) is 0. The molecule has 1 heterocycles. The Bertz CT molecular complexity index is 1240. The lowest BCUT2D eigenvalue weighted by atomic mass is 10.1. The van der Waals surface area contributed by atoms with Crippen molar-refractivity contribution in [2.75, 3.05) is 0 Å². The van der Waals surface area contributed by atoms with Gasteiger partial charge in [-0.3, -0.25) is 9.69 Å². The van der Waals surface area contributed by atoms with E-state index in [1.165, 1.54) is 4.90 Å². The Kier molecular flexibility index (Phi) is 6.91. The van der Waals surface area contributed by atoms with Gasteiger partial charge in [0.1, 0.15) is 16.7 Å². The molecule has 1 N–H and O–H groups in total. The maximum absolute atomic E-state index is 13.2. The second-order valence-electron chi connectivity index (χ2n) is 7.46. The van der Waals surface area contributed by atoms with Crippen LogP contribution in [-0.4, -0.2) is 26.2 Å². The van der Waals surface area contributed by atoms with E-state index >= 15 is 0 Å². The number of hydrogen-bond acceptors (Lipinski definition) is 5. The number of ether oxygens (including phenoxy) is 1. The van der Waals surface area contributed by atoms with Crippen molar-refractivity contribution in [3.05, 3.63) is 106 Å². The van der Waals surface area contributed by atoms with Crippen LogP contribution in [0.15, 0.2) is 83.8 Å². The predicted molar refractivity (Wildman–Crippen MR) is 134 cm³/mol. The lowest BCUT2D eigenvalue weighted by Crippen LogP contribution is -2.37. The number of thiocarbonyl (C=S) groups is 1. The molecule has 0 aromatic heterocycles. The second kappa shape index (κ2) is 10.0. The molecule has 4 rings (SSSR count). The third kappa shape index (κ3) is 4.99. The zero-order chi connectivity index (χ0) is 23.4. The predicted octanol–water partition coefficient (Wildman–Crippen LogP) is 5.60. The number of nitrogens with zero attached hydrogens (tertiary/aromatic N) is 1. The summed E-state index contributed by atoms with van der Waals surface area (Å²) < 4.78 is 6.26. The maximum atomic E-state index is 13.2. The van der Waals surface area contributed by atoms with Crippen LogP contribution in [0.5, 0.6) is 5.75 Å². The van der Waals surface area contributed by atoms with Crippen LogP contribution in [0, 0.1) is 6.92 Å². The van der Waals surface area contributed by atoms with Crippen molar-refractivity contribution in [3.8, 4) is 5.75 Å². The number of rotatable bonds is 7. The third-order valence-electron chi connectivity index (χ3n) is 5.28. The first-order valence-electron chi connectivity index (χ1n) is 10.3. The topological polar surface area (TPSA) is 66.8 Å². The molecule has 1 aliphatic rings. The molecular weight excluding hydrogens is 454 g/mol. The Morgan fingerprint density at radius 1 is 1.06 bits per heavy atom. The number of aliphatic carboxylic acids is 1. The van der Waals surface area contributed by atoms with Crippen molar-refractivity contribution in [3.63, 3.8) is 0 Å². The first-order chi connectivity index (χ1) is 16.0. The van der Waals surface area contributed by atoms with Crippen LogP contribution >= 0.6 is 24.0 Å². The molecule has 1 atom stereocenters. The summed E-state index contributed by atoms with van der Waals surface area (Å²) in [5.74, 6) is -0.945. The first kappa shape index (κ1) is 22.8. The summed E-state index contributed by atoms with van der Waals surface area (Å²) in [5.41, 5.74) is 3.42. The van der Waals surface area contributed by atoms with Crippen molar-refractivity contribution in [1.29, 1.82) is 0 Å². The summed E-state index contributed by atoms with van der Waals surface area (Å²) in [6, 6.07) is 22.8. The van der Waals surface area contributed by atoms with Crippen molar-refractivity contribution >= 4 is 46.3 Å². The summed E-state index contributed by atoms with van der Waals surface area (Å²) in [5, 5.41) is 9.84. The van der Waals surface area contributed by atoms with Crippen LogP contribution < -0.4 is 4.74 Å². The highest BCUT2D eigenvalue weighted by molar-refractivity contribution is 8.26. The Morgan fingerprint density at radius 3 is 2.45 bits per heavy atom. The highest BCUT2D eigenvalue weighted by Gasteiger charge is 2.41. The zero-order valence-electron chi connectivity index (χ0n) is 17.8. The van der Waals surface area contributed by atoms with Gasteiger partial charge in [-0.05, 0) is 35.8 Å². The Labute approximate surface area is 201 Å². The lowest BCUT2D eigenvalue weighted by Gasteiger charge is -2.23. The number of hydrogen-bond donors (Lipinski definition) is 1. The molecule has 1 saturated heterocycles. The van der Waals surface area contributed by atoms with Crippen LogP contribution in [0.3, 0.4) is 0 Å². The summed E-state index contributed by atoms with van der Waals surface area (Å²) in [6.45, 7) is 2.43. The van der Waals surface area contributed by atoms with Crippen LogP contribution in [-0.2, 0) is 16.2 Å². The number of carboxylic acid groups (broad SMARTS) is 1. The molecule has 33 heavy (non-hydrogen) atoms. The van der Waals surface area contributed by atoms with Crippen LogP contribution in [0.1, 0.15) is 28.3 Å². The van der Waals surface area contributed by atoms with Gasteiger partial charge < -0.3 is 9.84 Å². The van der Waals surface area contributed by atoms with Crippen LogP contribution in [0.2, 0.25) is 0 Å². The van der Waals surface area contributed by atoms with E-state index in [2.05, 4.69) is 0 Å². The van der Waals surface area contributed by atoms with E-state index in [4.69, 9.17) is 17.0 Å². The molecule has 0 radical (unpaired) electrons. The molecule has 0 bridgehead atoms. The normalized spacial score (nSPS) is 15.7. The van der Waals surface area contributed by atoms with E-state index < -0.39 is 17.9 Å². The highest BCUT2D eigenvalue weighted by Crippen LogP contribution is 2.39. The van der Waals surface area contributed by atoms with Gasteiger partial charge in [0.05, 0.1) is 4.91 Å². The number of carbonyl (C=O) groups excluding carboxylic acids is 1. The molecular formula is C26H21NO4S2. The second-order valence-corrected chi connectivity index (χ2v) is 9.13. The van der Waals surface area contributed by atoms with Gasteiger partial charge in [0.2, 0.25) is 0 Å². The van der Waals surface area contributed by atoms with E-state index in [-0.39, 0.29) is 4.32 Å². The molecule has 0 aliphatic carbocycles. The van der Waals surface area contributed by atoms with Gasteiger partial charge in [-0.25, -0.2) is 4.79 Å². The molecule has 166 valence electrons. The highest BCUT2D eigenvalue weighted by atomic mass is 32.2. The number of aryl methyl sites for hydroxylation is 1. The van der Waals surface area contributed by atoms with E-state index in [0.717, 1.165) is 28.5 Å². The number of carbonyl (C=O) groups is 2.